The summed E-state index contributed by atoms with van der Waals surface area (Å²) in [6.45, 7) is 1.16. The van der Waals surface area contributed by atoms with Crippen molar-refractivity contribution in [2.75, 3.05) is 6.54 Å². The highest BCUT2D eigenvalue weighted by atomic mass is 79.9. The Kier molecular flexibility index (Phi) is 2.89. The van der Waals surface area contributed by atoms with Crippen molar-refractivity contribution in [3.05, 3.63) is 24.4 Å². The third-order valence-electron chi connectivity index (χ3n) is 5.43. The van der Waals surface area contributed by atoms with E-state index in [9.17, 15) is 0 Å². The summed E-state index contributed by atoms with van der Waals surface area (Å²) in [5.41, 5.74) is 0.565. The molecule has 0 atom stereocenters. The minimum atomic E-state index is 0. The Hall–Kier alpha value is -0.240. The summed E-state index contributed by atoms with van der Waals surface area (Å²) in [5.74, 6) is 3.18. The monoisotopic (exact) mass is 294 g/mol. The van der Waals surface area contributed by atoms with Crippen molar-refractivity contribution in [1.29, 1.82) is 0 Å². The van der Waals surface area contributed by atoms with Gasteiger partial charge in [0.25, 0.3) is 0 Å². The fourth-order valence-corrected chi connectivity index (χ4v) is 5.24. The van der Waals surface area contributed by atoms with Crippen LogP contribution >= 0.6 is 0 Å². The summed E-state index contributed by atoms with van der Waals surface area (Å²) >= 11 is 0. The Morgan fingerprint density at radius 1 is 0.882 bits per heavy atom. The molecule has 5 rings (SSSR count). The van der Waals surface area contributed by atoms with E-state index in [1.165, 1.54) is 19.3 Å². The van der Waals surface area contributed by atoms with Gasteiger partial charge >= 0.3 is 0 Å². The number of rotatable bonds is 1. The van der Waals surface area contributed by atoms with E-state index in [2.05, 4.69) is 29.3 Å². The third kappa shape index (κ3) is 1.80. The lowest BCUT2D eigenvalue weighted by molar-refractivity contribution is -0.0673. The first-order chi connectivity index (χ1) is 7.84. The second-order valence-electron chi connectivity index (χ2n) is 6.56. The molecule has 4 saturated carbocycles. The van der Waals surface area contributed by atoms with Crippen LogP contribution in [0, 0.1) is 17.8 Å². The molecule has 0 saturated heterocycles. The molecule has 4 aliphatic carbocycles. The Morgan fingerprint density at radius 2 is 1.47 bits per heavy atom. The first kappa shape index (κ1) is 11.8. The van der Waals surface area contributed by atoms with Crippen molar-refractivity contribution in [3.63, 3.8) is 0 Å². The molecule has 1 nitrogen and oxygen atoms in total. The van der Waals surface area contributed by atoms with Gasteiger partial charge < -0.3 is 21.9 Å². The molecule has 0 aromatic carbocycles. The van der Waals surface area contributed by atoms with Gasteiger partial charge in [0.1, 0.15) is 0 Å². The van der Waals surface area contributed by atoms with Crippen LogP contribution < -0.4 is 17.0 Å². The number of hydrogen-bond donors (Lipinski definition) is 0. The highest BCUT2D eigenvalue weighted by Gasteiger charge is 2.52. The van der Waals surface area contributed by atoms with Crippen molar-refractivity contribution >= 4 is 0 Å². The van der Waals surface area contributed by atoms with Gasteiger partial charge in [0.2, 0.25) is 0 Å². The van der Waals surface area contributed by atoms with Crippen LogP contribution in [0.1, 0.15) is 38.5 Å². The summed E-state index contributed by atoms with van der Waals surface area (Å²) in [7, 11) is 0. The zero-order chi connectivity index (χ0) is 10.6. The summed E-state index contributed by atoms with van der Waals surface area (Å²) in [5, 5.41) is 0. The van der Waals surface area contributed by atoms with E-state index < -0.39 is 0 Å². The molecule has 1 heterocycles. The molecular weight excluding hydrogens is 274 g/mol. The van der Waals surface area contributed by atoms with Crippen molar-refractivity contribution in [1.82, 2.24) is 4.90 Å². The normalized spacial score (nSPS) is 46.1. The molecule has 0 N–H and O–H groups in total. The standard InChI is InChI=1S/C15H21N.BrH/c1-2-4-16(5-3-1)15-9-12-6-13(10-15)8-14(7-12)11-15;/h1-4,12-14H,5-11H2;1H/p-1. The number of hydrogen-bond acceptors (Lipinski definition) is 1. The van der Waals surface area contributed by atoms with Gasteiger partial charge in [0, 0.05) is 12.1 Å². The molecule has 0 aromatic rings. The number of halogens is 1. The van der Waals surface area contributed by atoms with E-state index in [-0.39, 0.29) is 17.0 Å². The molecule has 4 bridgehead atoms. The van der Waals surface area contributed by atoms with Crippen molar-refractivity contribution in [2.45, 2.75) is 44.1 Å². The molecule has 5 aliphatic rings. The maximum Gasteiger partial charge on any atom is 0.0408 e. The van der Waals surface area contributed by atoms with Crippen molar-refractivity contribution < 1.29 is 17.0 Å². The molecular formula is C15H21BrN-. The average Bonchev–Trinajstić information content (AvgIpc) is 2.28. The lowest BCUT2D eigenvalue weighted by atomic mass is 9.52. The van der Waals surface area contributed by atoms with Crippen LogP contribution in [0.5, 0.6) is 0 Å². The van der Waals surface area contributed by atoms with Crippen LogP contribution in [0.3, 0.4) is 0 Å². The van der Waals surface area contributed by atoms with Gasteiger partial charge in [-0.15, -0.1) is 0 Å². The predicted molar refractivity (Wildman–Crippen MR) is 65.9 cm³/mol. The van der Waals surface area contributed by atoms with Crippen molar-refractivity contribution in [2.24, 2.45) is 17.8 Å². The highest BCUT2D eigenvalue weighted by molar-refractivity contribution is 5.16. The van der Waals surface area contributed by atoms with E-state index in [4.69, 9.17) is 0 Å². The van der Waals surface area contributed by atoms with Gasteiger partial charge in [-0.3, -0.25) is 0 Å². The van der Waals surface area contributed by atoms with Crippen molar-refractivity contribution in [3.8, 4) is 0 Å². The number of allylic oxidation sites excluding steroid dienone is 2. The average molecular weight is 295 g/mol. The van der Waals surface area contributed by atoms with E-state index in [0.717, 1.165) is 24.3 Å². The summed E-state index contributed by atoms with van der Waals surface area (Å²) in [6.07, 6.45) is 18.2. The SMILES string of the molecule is C1=CCN(C23CC4CC(CC(C4)C2)C3)C=C1.[Br-]. The van der Waals surface area contributed by atoms with Gasteiger partial charge in [-0.25, -0.2) is 0 Å². The summed E-state index contributed by atoms with van der Waals surface area (Å²) < 4.78 is 0. The molecule has 94 valence electrons. The van der Waals surface area contributed by atoms with E-state index in [0.29, 0.717) is 5.54 Å². The molecule has 0 radical (unpaired) electrons. The second kappa shape index (κ2) is 4.15. The fourth-order valence-electron chi connectivity index (χ4n) is 5.24. The van der Waals surface area contributed by atoms with Crippen LogP contribution in [-0.2, 0) is 0 Å². The first-order valence-corrected chi connectivity index (χ1v) is 6.94. The van der Waals surface area contributed by atoms with Crippen LogP contribution in [0.4, 0.5) is 0 Å². The molecule has 4 fully saturated rings. The maximum absolute atomic E-state index is 2.66. The second-order valence-corrected chi connectivity index (χ2v) is 6.56. The van der Waals surface area contributed by atoms with Gasteiger partial charge in [0.05, 0.1) is 0 Å². The molecule has 0 spiro atoms. The highest BCUT2D eigenvalue weighted by Crippen LogP contribution is 2.57. The smallest absolute Gasteiger partial charge is 0.0408 e. The summed E-state index contributed by atoms with van der Waals surface area (Å²) in [4.78, 5) is 2.66. The molecule has 1 aliphatic heterocycles. The quantitative estimate of drug-likeness (QED) is 0.674. The van der Waals surface area contributed by atoms with E-state index in [1.54, 1.807) is 19.3 Å². The zero-order valence-corrected chi connectivity index (χ0v) is 11.9. The van der Waals surface area contributed by atoms with E-state index >= 15 is 0 Å². The maximum atomic E-state index is 2.66. The van der Waals surface area contributed by atoms with Crippen LogP contribution in [-0.4, -0.2) is 17.0 Å². The van der Waals surface area contributed by atoms with Crippen LogP contribution in [0.25, 0.3) is 0 Å². The van der Waals surface area contributed by atoms with Crippen LogP contribution in [0.15, 0.2) is 24.4 Å². The molecule has 0 unspecified atom stereocenters. The van der Waals surface area contributed by atoms with Gasteiger partial charge in [-0.2, -0.15) is 0 Å². The first-order valence-electron chi connectivity index (χ1n) is 6.94. The van der Waals surface area contributed by atoms with Gasteiger partial charge in [0.15, 0.2) is 0 Å². The number of nitrogens with zero attached hydrogens (tertiary/aromatic N) is 1. The lowest BCUT2D eigenvalue weighted by Crippen LogP contribution is -3.00. The molecule has 0 amide bonds. The minimum absolute atomic E-state index is 0. The zero-order valence-electron chi connectivity index (χ0n) is 10.3. The molecule has 17 heavy (non-hydrogen) atoms. The van der Waals surface area contributed by atoms with Crippen LogP contribution in [0.2, 0.25) is 0 Å². The van der Waals surface area contributed by atoms with Gasteiger partial charge in [-0.1, -0.05) is 12.2 Å². The Balaban J connectivity index is 0.000000902. The minimum Gasteiger partial charge on any atom is -1.00 e. The Labute approximate surface area is 115 Å². The summed E-state index contributed by atoms with van der Waals surface area (Å²) in [6, 6.07) is 0. The lowest BCUT2D eigenvalue weighted by Gasteiger charge is -2.60. The Morgan fingerprint density at radius 3 is 1.94 bits per heavy atom. The largest absolute Gasteiger partial charge is 1.00 e. The molecule has 0 aromatic heterocycles. The molecule has 2 heteroatoms. The predicted octanol–water partition coefficient (Wildman–Crippen LogP) is 0.345. The van der Waals surface area contributed by atoms with Gasteiger partial charge in [-0.05, 0) is 68.6 Å². The fraction of sp³-hybridized carbons (Fsp3) is 0.733. The Bertz CT molecular complexity index is 323. The topological polar surface area (TPSA) is 3.24 Å². The third-order valence-corrected chi connectivity index (χ3v) is 5.43. The van der Waals surface area contributed by atoms with E-state index in [1.807, 2.05) is 0 Å².